The summed E-state index contributed by atoms with van der Waals surface area (Å²) in [6.45, 7) is 13.5. The minimum atomic E-state index is -2.44. The molecular formula is C39H48O14. The van der Waals surface area contributed by atoms with E-state index >= 15 is 0 Å². The Labute approximate surface area is 307 Å². The van der Waals surface area contributed by atoms with E-state index < -0.39 is 105 Å². The van der Waals surface area contributed by atoms with E-state index in [4.69, 9.17) is 37.6 Å². The highest BCUT2D eigenvalue weighted by atomic mass is 17.0. The van der Waals surface area contributed by atoms with Gasteiger partial charge in [0.15, 0.2) is 11.2 Å². The quantitative estimate of drug-likeness (QED) is 0.223. The van der Waals surface area contributed by atoms with Crippen molar-refractivity contribution in [3.05, 3.63) is 47.5 Å². The molecule has 14 heteroatoms. The van der Waals surface area contributed by atoms with Crippen molar-refractivity contribution >= 4 is 23.9 Å². The number of aliphatic hydroxyl groups is 2. The number of hydrogen-bond acceptors (Lipinski definition) is 14. The van der Waals surface area contributed by atoms with Crippen molar-refractivity contribution in [1.82, 2.24) is 0 Å². The number of furan rings is 1. The Kier molecular flexibility index (Phi) is 7.43. The fraction of sp³-hybridized carbons (Fsp3) is 0.692. The number of carbonyl (C=O) groups is 4. The monoisotopic (exact) mass is 740 g/mol. The van der Waals surface area contributed by atoms with Crippen molar-refractivity contribution in [2.24, 2.45) is 28.1 Å². The summed E-state index contributed by atoms with van der Waals surface area (Å²) in [4.78, 5) is 54.3. The number of esters is 4. The number of ether oxygens (including phenoxy) is 7. The zero-order valence-electron chi connectivity index (χ0n) is 31.5. The first-order valence-corrected chi connectivity index (χ1v) is 18.4. The summed E-state index contributed by atoms with van der Waals surface area (Å²) >= 11 is 0. The second-order valence-corrected chi connectivity index (χ2v) is 16.9. The minimum Gasteiger partial charge on any atom is -0.472 e. The molecule has 4 saturated carbocycles. The van der Waals surface area contributed by atoms with Crippen molar-refractivity contribution < 1.29 is 67.0 Å². The molecule has 4 aliphatic carbocycles. The molecule has 4 heterocycles. The SMILES string of the molecule is C/C=C(\C)C(=O)O[C@H]1[C@]2(C)C[C@]3(O)[C@@]1(O)[C@H]1OC4(C(C)CC)O[C@@]5(CC[C@]6(C)C(=CC(=O)O[C@H]6c6ccoc6)[C@@]15O4)[C@]3(C)[C@H]2[C@@H](OC(C)=O)C(=O)OC. The average molecular weight is 741 g/mol. The van der Waals surface area contributed by atoms with Crippen LogP contribution >= 0.6 is 0 Å². The molecule has 8 rings (SSSR count). The summed E-state index contributed by atoms with van der Waals surface area (Å²) < 4.78 is 50.3. The van der Waals surface area contributed by atoms with Crippen molar-refractivity contribution in [2.75, 3.05) is 7.11 Å². The van der Waals surface area contributed by atoms with E-state index in [1.165, 1.54) is 18.6 Å². The van der Waals surface area contributed by atoms with Gasteiger partial charge in [0.25, 0.3) is 5.97 Å². The third kappa shape index (κ3) is 3.73. The van der Waals surface area contributed by atoms with E-state index in [0.29, 0.717) is 24.0 Å². The van der Waals surface area contributed by atoms with Crippen molar-refractivity contribution in [1.29, 1.82) is 0 Å². The molecule has 53 heavy (non-hydrogen) atoms. The molecular weight excluding hydrogens is 692 g/mol. The molecule has 4 bridgehead atoms. The van der Waals surface area contributed by atoms with Crippen LogP contribution < -0.4 is 0 Å². The Balaban J connectivity index is 1.47. The third-order valence-electron chi connectivity index (χ3n) is 14.8. The average Bonchev–Trinajstić information content (AvgIpc) is 3.90. The maximum atomic E-state index is 13.9. The highest BCUT2D eigenvalue weighted by Crippen LogP contribution is 2.88. The van der Waals surface area contributed by atoms with Gasteiger partial charge in [-0.3, -0.25) is 4.79 Å². The molecule has 0 aromatic carbocycles. The van der Waals surface area contributed by atoms with Crippen LogP contribution in [0.2, 0.25) is 0 Å². The second-order valence-electron chi connectivity index (χ2n) is 16.9. The Morgan fingerprint density at radius 1 is 1.11 bits per heavy atom. The summed E-state index contributed by atoms with van der Waals surface area (Å²) in [6.07, 6.45) is 1.11. The fourth-order valence-electron chi connectivity index (χ4n) is 12.3. The summed E-state index contributed by atoms with van der Waals surface area (Å²) in [5, 5.41) is 27.3. The van der Waals surface area contributed by atoms with Gasteiger partial charge in [-0.05, 0) is 51.2 Å². The standard InChI is InChI=1S/C39H48O14/c1-10-19(3)28(42)50-30-33(7)18-35(44)34(8,26(33)25(29(43)46-9)48-21(5)40)36-14-13-32(6)23(16-24(41)49-27(32)22-12-15-47-17-22)38(36)31(37(30,35)45)51-39(52-36,53-38)20(4)11-2/h10,12,15-17,20,25-27,30-31,44-45H,11,13-14,18H2,1-9H3/b19-10+/t20?,25-,26+,27+,30+,31-,32-,33-,34-,35-,36+,37+,38-,39?/m1/s1. The van der Waals surface area contributed by atoms with E-state index in [1.807, 2.05) is 20.8 Å². The molecule has 1 aromatic rings. The van der Waals surface area contributed by atoms with Gasteiger partial charge in [0, 0.05) is 52.2 Å². The molecule has 7 aliphatic rings. The number of allylic oxidation sites excluding steroid dienone is 1. The molecule has 3 aliphatic heterocycles. The second kappa shape index (κ2) is 10.8. The fourth-order valence-corrected chi connectivity index (χ4v) is 12.3. The Bertz CT molecular complexity index is 1870. The predicted molar refractivity (Wildman–Crippen MR) is 179 cm³/mol. The van der Waals surface area contributed by atoms with Crippen LogP contribution in [0.15, 0.2) is 46.3 Å². The Morgan fingerprint density at radius 2 is 1.83 bits per heavy atom. The molecule has 14 nitrogen and oxygen atoms in total. The van der Waals surface area contributed by atoms with Gasteiger partial charge in [-0.15, -0.1) is 0 Å². The lowest BCUT2D eigenvalue weighted by molar-refractivity contribution is -0.457. The van der Waals surface area contributed by atoms with Crippen molar-refractivity contribution in [3.63, 3.8) is 0 Å². The highest BCUT2D eigenvalue weighted by molar-refractivity contribution is 5.88. The summed E-state index contributed by atoms with van der Waals surface area (Å²) in [5.74, 6) is -6.66. The van der Waals surface area contributed by atoms with E-state index in [9.17, 15) is 29.4 Å². The Morgan fingerprint density at radius 3 is 2.43 bits per heavy atom. The molecule has 0 amide bonds. The first-order valence-electron chi connectivity index (χ1n) is 18.4. The van der Waals surface area contributed by atoms with E-state index in [-0.39, 0.29) is 18.4 Å². The number of cyclic esters (lactones) is 1. The van der Waals surface area contributed by atoms with Crippen LogP contribution in [0.4, 0.5) is 0 Å². The zero-order chi connectivity index (χ0) is 38.5. The summed E-state index contributed by atoms with van der Waals surface area (Å²) in [5.41, 5.74) is -11.1. The minimum absolute atomic E-state index is 0.155. The molecule has 1 spiro atoms. The maximum absolute atomic E-state index is 13.9. The van der Waals surface area contributed by atoms with Crippen LogP contribution in [0.1, 0.15) is 92.7 Å². The van der Waals surface area contributed by atoms with Gasteiger partial charge in [0.1, 0.15) is 29.5 Å². The van der Waals surface area contributed by atoms with Crippen LogP contribution in [0.25, 0.3) is 0 Å². The normalized spacial score (nSPS) is 48.2. The molecule has 2 N–H and O–H groups in total. The van der Waals surface area contributed by atoms with Gasteiger partial charge < -0.3 is 47.8 Å². The van der Waals surface area contributed by atoms with Crippen LogP contribution in [0.5, 0.6) is 0 Å². The van der Waals surface area contributed by atoms with Crippen LogP contribution in [-0.2, 0) is 52.3 Å². The van der Waals surface area contributed by atoms with Crippen LogP contribution in [-0.4, -0.2) is 87.9 Å². The highest BCUT2D eigenvalue weighted by Gasteiger charge is 3.03. The molecule has 2 saturated heterocycles. The molecule has 2 unspecified atom stereocenters. The smallest absolute Gasteiger partial charge is 0.347 e. The molecule has 288 valence electrons. The lowest BCUT2D eigenvalue weighted by Crippen LogP contribution is -2.92. The van der Waals surface area contributed by atoms with Gasteiger partial charge in [-0.2, -0.15) is 0 Å². The van der Waals surface area contributed by atoms with Crippen LogP contribution in [0.3, 0.4) is 0 Å². The first kappa shape index (κ1) is 36.4. The summed E-state index contributed by atoms with van der Waals surface area (Å²) in [7, 11) is 1.16. The van der Waals surface area contributed by atoms with E-state index in [2.05, 4.69) is 0 Å². The van der Waals surface area contributed by atoms with Gasteiger partial charge in [0.05, 0.1) is 19.6 Å². The number of carbonyl (C=O) groups excluding carboxylic acids is 4. The number of hydrogen-bond donors (Lipinski definition) is 2. The van der Waals surface area contributed by atoms with Crippen molar-refractivity contribution in [3.8, 4) is 0 Å². The summed E-state index contributed by atoms with van der Waals surface area (Å²) in [6, 6.07) is 1.71. The van der Waals surface area contributed by atoms with Gasteiger partial charge >= 0.3 is 23.9 Å². The number of fused-ring (bicyclic) bond motifs is 4. The molecule has 14 atom stereocenters. The van der Waals surface area contributed by atoms with E-state index in [1.54, 1.807) is 39.8 Å². The topological polar surface area (TPSA) is 186 Å². The third-order valence-corrected chi connectivity index (χ3v) is 14.8. The van der Waals surface area contributed by atoms with Gasteiger partial charge in [0.2, 0.25) is 6.10 Å². The van der Waals surface area contributed by atoms with Gasteiger partial charge in [-0.25, -0.2) is 14.4 Å². The largest absolute Gasteiger partial charge is 0.472 e. The lowest BCUT2D eigenvalue weighted by atomic mass is 9.34. The van der Waals surface area contributed by atoms with Gasteiger partial charge in [-0.1, -0.05) is 40.7 Å². The Hall–Kier alpha value is -3.56. The van der Waals surface area contributed by atoms with Crippen molar-refractivity contribution in [2.45, 2.75) is 134 Å². The predicted octanol–water partition coefficient (Wildman–Crippen LogP) is 3.73. The zero-order valence-corrected chi connectivity index (χ0v) is 31.5. The van der Waals surface area contributed by atoms with Crippen LogP contribution in [0, 0.1) is 28.1 Å². The van der Waals surface area contributed by atoms with E-state index in [0.717, 1.165) is 14.0 Å². The number of rotatable bonds is 8. The lowest BCUT2D eigenvalue weighted by Gasteiger charge is -2.75. The molecule has 6 fully saturated rings. The first-order chi connectivity index (χ1) is 24.8. The molecule has 0 radical (unpaired) electrons. The molecule has 1 aromatic heterocycles. The maximum Gasteiger partial charge on any atom is 0.347 e. The number of methoxy groups -OCH3 is 1.